The topological polar surface area (TPSA) is 57.6 Å². The molecule has 1 aliphatic heterocycles. The Morgan fingerprint density at radius 2 is 2.08 bits per heavy atom. The van der Waals surface area contributed by atoms with Crippen LogP contribution in [0.1, 0.15) is 20.3 Å². The molecule has 0 aromatic carbocycles. The Balaban J connectivity index is 2.50. The molecule has 74 valence electrons. The van der Waals surface area contributed by atoms with E-state index in [1.807, 2.05) is 13.8 Å². The van der Waals surface area contributed by atoms with Crippen LogP contribution in [0.15, 0.2) is 0 Å². The van der Waals surface area contributed by atoms with Crippen LogP contribution in [-0.4, -0.2) is 35.0 Å². The molecule has 1 N–H and O–H groups in total. The molecule has 0 spiro atoms. The van der Waals surface area contributed by atoms with E-state index >= 15 is 0 Å². The standard InChI is InChI=1S/C9H15NO3/c1-6(2)8(11)10-4-3-7(5-10)9(12)13/h6-7H,3-5H2,1-2H3,(H,12,13). The van der Waals surface area contributed by atoms with E-state index < -0.39 is 5.97 Å². The van der Waals surface area contributed by atoms with Gasteiger partial charge in [-0.3, -0.25) is 9.59 Å². The Morgan fingerprint density at radius 1 is 1.46 bits per heavy atom. The molecule has 1 heterocycles. The molecule has 0 radical (unpaired) electrons. The van der Waals surface area contributed by atoms with Gasteiger partial charge in [-0.2, -0.15) is 0 Å². The Bertz CT molecular complexity index is 225. The number of amides is 1. The Kier molecular flexibility index (Phi) is 2.90. The van der Waals surface area contributed by atoms with Crippen LogP contribution in [0.3, 0.4) is 0 Å². The van der Waals surface area contributed by atoms with Crippen molar-refractivity contribution >= 4 is 11.9 Å². The minimum atomic E-state index is -0.793. The first-order valence-electron chi connectivity index (χ1n) is 4.54. The summed E-state index contributed by atoms with van der Waals surface area (Å²) in [5.41, 5.74) is 0. The molecule has 1 fully saturated rings. The first-order chi connectivity index (χ1) is 6.02. The number of carboxylic acids is 1. The van der Waals surface area contributed by atoms with Gasteiger partial charge in [0, 0.05) is 19.0 Å². The van der Waals surface area contributed by atoms with Gasteiger partial charge in [0.25, 0.3) is 0 Å². The fourth-order valence-electron chi connectivity index (χ4n) is 1.53. The van der Waals surface area contributed by atoms with Crippen molar-refractivity contribution in [2.45, 2.75) is 20.3 Å². The van der Waals surface area contributed by atoms with Crippen LogP contribution in [0.4, 0.5) is 0 Å². The summed E-state index contributed by atoms with van der Waals surface area (Å²) in [4.78, 5) is 23.7. The highest BCUT2D eigenvalue weighted by molar-refractivity contribution is 5.80. The molecular weight excluding hydrogens is 170 g/mol. The van der Waals surface area contributed by atoms with Crippen molar-refractivity contribution in [2.24, 2.45) is 11.8 Å². The van der Waals surface area contributed by atoms with Crippen LogP contribution in [0.25, 0.3) is 0 Å². The molecule has 1 saturated heterocycles. The maximum atomic E-state index is 11.4. The van der Waals surface area contributed by atoms with E-state index in [4.69, 9.17) is 5.11 Å². The summed E-state index contributed by atoms with van der Waals surface area (Å²) in [6.07, 6.45) is 0.591. The van der Waals surface area contributed by atoms with Gasteiger partial charge in [-0.25, -0.2) is 0 Å². The fraction of sp³-hybridized carbons (Fsp3) is 0.778. The fourth-order valence-corrected chi connectivity index (χ4v) is 1.53. The van der Waals surface area contributed by atoms with Gasteiger partial charge < -0.3 is 10.0 Å². The lowest BCUT2D eigenvalue weighted by molar-refractivity contribution is -0.141. The monoisotopic (exact) mass is 185 g/mol. The van der Waals surface area contributed by atoms with Crippen molar-refractivity contribution in [1.29, 1.82) is 0 Å². The van der Waals surface area contributed by atoms with Gasteiger partial charge >= 0.3 is 5.97 Å². The number of likely N-dealkylation sites (tertiary alicyclic amines) is 1. The number of carboxylic acid groups (broad SMARTS) is 1. The molecular formula is C9H15NO3. The van der Waals surface area contributed by atoms with Crippen molar-refractivity contribution in [1.82, 2.24) is 4.90 Å². The second-order valence-corrected chi connectivity index (χ2v) is 3.76. The van der Waals surface area contributed by atoms with Gasteiger partial charge in [-0.05, 0) is 6.42 Å². The minimum absolute atomic E-state index is 0.0347. The quantitative estimate of drug-likeness (QED) is 0.684. The summed E-state index contributed by atoms with van der Waals surface area (Å²) in [7, 11) is 0. The normalized spacial score (nSPS) is 22.4. The highest BCUT2D eigenvalue weighted by Gasteiger charge is 2.31. The molecule has 1 aliphatic rings. The lowest BCUT2D eigenvalue weighted by atomic mass is 10.1. The number of aliphatic carboxylic acids is 1. The number of carbonyl (C=O) groups is 2. The molecule has 1 unspecified atom stereocenters. The average Bonchev–Trinajstić information content (AvgIpc) is 2.50. The van der Waals surface area contributed by atoms with Gasteiger partial charge in [0.15, 0.2) is 0 Å². The van der Waals surface area contributed by atoms with E-state index in [1.165, 1.54) is 0 Å². The van der Waals surface area contributed by atoms with Crippen LogP contribution in [0.5, 0.6) is 0 Å². The predicted octanol–water partition coefficient (Wildman–Crippen LogP) is 0.575. The van der Waals surface area contributed by atoms with E-state index in [9.17, 15) is 9.59 Å². The van der Waals surface area contributed by atoms with Crippen LogP contribution >= 0.6 is 0 Å². The summed E-state index contributed by atoms with van der Waals surface area (Å²) in [5, 5.41) is 8.71. The number of rotatable bonds is 2. The van der Waals surface area contributed by atoms with Gasteiger partial charge in [0.1, 0.15) is 0 Å². The van der Waals surface area contributed by atoms with E-state index in [-0.39, 0.29) is 17.7 Å². The summed E-state index contributed by atoms with van der Waals surface area (Å²) in [6.45, 7) is 4.63. The number of carbonyl (C=O) groups excluding carboxylic acids is 1. The Hall–Kier alpha value is -1.06. The van der Waals surface area contributed by atoms with E-state index in [2.05, 4.69) is 0 Å². The van der Waals surface area contributed by atoms with Gasteiger partial charge in [0.05, 0.1) is 5.92 Å². The summed E-state index contributed by atoms with van der Waals surface area (Å²) >= 11 is 0. The molecule has 1 rings (SSSR count). The van der Waals surface area contributed by atoms with Crippen molar-refractivity contribution in [3.63, 3.8) is 0 Å². The minimum Gasteiger partial charge on any atom is -0.481 e. The molecule has 0 bridgehead atoms. The molecule has 4 heteroatoms. The molecule has 4 nitrogen and oxygen atoms in total. The first-order valence-corrected chi connectivity index (χ1v) is 4.54. The van der Waals surface area contributed by atoms with E-state index in [0.29, 0.717) is 19.5 Å². The molecule has 13 heavy (non-hydrogen) atoms. The molecule has 0 aliphatic carbocycles. The first kappa shape index (κ1) is 10.0. The summed E-state index contributed by atoms with van der Waals surface area (Å²) < 4.78 is 0. The molecule has 0 aromatic rings. The predicted molar refractivity (Wildman–Crippen MR) is 47.2 cm³/mol. The van der Waals surface area contributed by atoms with E-state index in [1.54, 1.807) is 4.90 Å². The van der Waals surface area contributed by atoms with Gasteiger partial charge in [-0.1, -0.05) is 13.8 Å². The molecule has 1 atom stereocenters. The maximum Gasteiger partial charge on any atom is 0.308 e. The second-order valence-electron chi connectivity index (χ2n) is 3.76. The van der Waals surface area contributed by atoms with Crippen molar-refractivity contribution in [2.75, 3.05) is 13.1 Å². The van der Waals surface area contributed by atoms with Crippen LogP contribution in [0.2, 0.25) is 0 Å². The molecule has 0 saturated carbocycles. The molecule has 1 amide bonds. The van der Waals surface area contributed by atoms with Crippen molar-refractivity contribution in [3.05, 3.63) is 0 Å². The number of hydrogen-bond acceptors (Lipinski definition) is 2. The van der Waals surface area contributed by atoms with Crippen LogP contribution in [0, 0.1) is 11.8 Å². The van der Waals surface area contributed by atoms with Crippen molar-refractivity contribution < 1.29 is 14.7 Å². The Morgan fingerprint density at radius 3 is 2.46 bits per heavy atom. The summed E-state index contributed by atoms with van der Waals surface area (Å²) in [5.74, 6) is -1.13. The largest absolute Gasteiger partial charge is 0.481 e. The van der Waals surface area contributed by atoms with Gasteiger partial charge in [-0.15, -0.1) is 0 Å². The number of nitrogens with zero attached hydrogens (tertiary/aromatic N) is 1. The lowest BCUT2D eigenvalue weighted by Crippen LogP contribution is -2.33. The summed E-state index contributed by atoms with van der Waals surface area (Å²) in [6, 6.07) is 0. The second kappa shape index (κ2) is 3.77. The van der Waals surface area contributed by atoms with Crippen molar-refractivity contribution in [3.8, 4) is 0 Å². The van der Waals surface area contributed by atoms with Crippen LogP contribution in [-0.2, 0) is 9.59 Å². The maximum absolute atomic E-state index is 11.4. The third-order valence-electron chi connectivity index (χ3n) is 2.34. The van der Waals surface area contributed by atoms with E-state index in [0.717, 1.165) is 0 Å². The SMILES string of the molecule is CC(C)C(=O)N1CCC(C(=O)O)C1. The zero-order valence-corrected chi connectivity index (χ0v) is 7.99. The number of hydrogen-bond donors (Lipinski definition) is 1. The molecule has 0 aromatic heterocycles. The third kappa shape index (κ3) is 2.20. The highest BCUT2D eigenvalue weighted by atomic mass is 16.4. The van der Waals surface area contributed by atoms with Gasteiger partial charge in [0.2, 0.25) is 5.91 Å². The zero-order valence-electron chi connectivity index (χ0n) is 7.99. The smallest absolute Gasteiger partial charge is 0.308 e. The average molecular weight is 185 g/mol. The highest BCUT2D eigenvalue weighted by Crippen LogP contribution is 2.18. The third-order valence-corrected chi connectivity index (χ3v) is 2.34. The van der Waals surface area contributed by atoms with Crippen LogP contribution < -0.4 is 0 Å². The Labute approximate surface area is 77.5 Å². The lowest BCUT2D eigenvalue weighted by Gasteiger charge is -2.17. The zero-order chi connectivity index (χ0) is 10.0.